The van der Waals surface area contributed by atoms with Crippen LogP contribution in [0.3, 0.4) is 0 Å². The molecule has 6 N–H and O–H groups in total. The lowest BCUT2D eigenvalue weighted by atomic mass is 9.49. The van der Waals surface area contributed by atoms with Crippen molar-refractivity contribution in [2.45, 2.75) is 83.9 Å². The van der Waals surface area contributed by atoms with Crippen LogP contribution in [-0.4, -0.2) is 81.0 Å². The first-order valence-electron chi connectivity index (χ1n) is 10.2. The van der Waals surface area contributed by atoms with Gasteiger partial charge in [0.15, 0.2) is 0 Å². The first-order chi connectivity index (χ1) is 13.0. The van der Waals surface area contributed by atoms with Gasteiger partial charge in [0.1, 0.15) is 24.4 Å². The molecule has 0 heterocycles. The summed E-state index contributed by atoms with van der Waals surface area (Å²) in [6.45, 7) is 7.32. The number of rotatable bonds is 8. The fourth-order valence-electron chi connectivity index (χ4n) is 5.75. The van der Waals surface area contributed by atoms with E-state index in [0.29, 0.717) is 6.42 Å². The molecule has 164 valence electrons. The van der Waals surface area contributed by atoms with Crippen molar-refractivity contribution in [2.24, 2.45) is 16.7 Å². The Hall–Kier alpha value is -0.540. The zero-order valence-corrected chi connectivity index (χ0v) is 17.5. The third kappa shape index (κ3) is 4.46. The van der Waals surface area contributed by atoms with E-state index in [0.717, 1.165) is 30.4 Å². The lowest BCUT2D eigenvalue weighted by Gasteiger charge is -2.57. The predicted molar refractivity (Wildman–Crippen MR) is 104 cm³/mol. The Labute approximate surface area is 167 Å². The molecular weight excluding hydrogens is 364 g/mol. The van der Waals surface area contributed by atoms with Gasteiger partial charge >= 0.3 is 0 Å². The second-order valence-corrected chi connectivity index (χ2v) is 9.53. The molecule has 0 aliphatic heterocycles. The first kappa shape index (κ1) is 23.7. The van der Waals surface area contributed by atoms with Crippen molar-refractivity contribution in [2.75, 3.05) is 19.8 Å². The zero-order valence-electron chi connectivity index (χ0n) is 17.5. The van der Waals surface area contributed by atoms with Gasteiger partial charge in [-0.3, -0.25) is 0 Å². The topological polar surface area (TPSA) is 131 Å². The highest BCUT2D eigenvalue weighted by Crippen LogP contribution is 2.59. The number of hydrogen-bond acceptors (Lipinski definition) is 7. The van der Waals surface area contributed by atoms with Crippen molar-refractivity contribution in [3.63, 3.8) is 0 Å². The van der Waals surface area contributed by atoms with Gasteiger partial charge in [0.25, 0.3) is 0 Å². The number of hydrogen-bond donors (Lipinski definition) is 6. The maximum atomic E-state index is 10.8. The van der Waals surface area contributed by atoms with E-state index in [4.69, 9.17) is 9.84 Å². The van der Waals surface area contributed by atoms with Gasteiger partial charge in [-0.25, -0.2) is 0 Å². The normalized spacial score (nSPS) is 34.5. The number of aliphatic hydroxyl groups excluding tert-OH is 6. The maximum absolute atomic E-state index is 10.8. The van der Waals surface area contributed by atoms with Crippen LogP contribution in [-0.2, 0) is 4.74 Å². The molecular formula is C21H38O7. The van der Waals surface area contributed by atoms with E-state index < -0.39 is 43.7 Å². The van der Waals surface area contributed by atoms with Crippen molar-refractivity contribution >= 4 is 0 Å². The van der Waals surface area contributed by atoms with Crippen LogP contribution in [0.1, 0.15) is 53.4 Å². The Bertz CT molecular complexity index is 561. The summed E-state index contributed by atoms with van der Waals surface area (Å²) in [6.07, 6.45) is -2.51. The third-order valence-corrected chi connectivity index (χ3v) is 7.05. The SMILES string of the molecule is CC1=C(COC(C(O)CO)C(O)C(O)CO)C2(C)CCCC(C)(C)C2C(O)C1. The van der Waals surface area contributed by atoms with Crippen molar-refractivity contribution in [3.05, 3.63) is 11.1 Å². The molecule has 7 atom stereocenters. The van der Waals surface area contributed by atoms with E-state index in [1.807, 2.05) is 6.92 Å². The van der Waals surface area contributed by atoms with E-state index >= 15 is 0 Å². The summed E-state index contributed by atoms with van der Waals surface area (Å²) in [6, 6.07) is 0. The highest BCUT2D eigenvalue weighted by Gasteiger charge is 2.54. The van der Waals surface area contributed by atoms with Crippen LogP contribution in [0.15, 0.2) is 11.1 Å². The van der Waals surface area contributed by atoms with E-state index in [-0.39, 0.29) is 23.4 Å². The van der Waals surface area contributed by atoms with E-state index in [1.54, 1.807) is 0 Å². The average molecular weight is 403 g/mol. The van der Waals surface area contributed by atoms with Gasteiger partial charge in [-0.15, -0.1) is 0 Å². The van der Waals surface area contributed by atoms with Gasteiger partial charge in [0.05, 0.1) is 25.9 Å². The van der Waals surface area contributed by atoms with Gasteiger partial charge in [0.2, 0.25) is 0 Å². The molecule has 1 saturated carbocycles. The molecule has 0 bridgehead atoms. The largest absolute Gasteiger partial charge is 0.394 e. The summed E-state index contributed by atoms with van der Waals surface area (Å²) in [5.74, 6) is 0.0743. The van der Waals surface area contributed by atoms with Gasteiger partial charge in [-0.2, -0.15) is 0 Å². The number of aliphatic hydroxyl groups is 6. The van der Waals surface area contributed by atoms with E-state index in [2.05, 4.69) is 20.8 Å². The average Bonchev–Trinajstić information content (AvgIpc) is 2.61. The summed E-state index contributed by atoms with van der Waals surface area (Å²) in [5, 5.41) is 59.3. The number of fused-ring (bicyclic) bond motifs is 1. The van der Waals surface area contributed by atoms with Crippen LogP contribution in [0.2, 0.25) is 0 Å². The molecule has 0 saturated heterocycles. The molecule has 0 spiro atoms. The van der Waals surface area contributed by atoms with E-state index in [1.165, 1.54) is 0 Å². The second-order valence-electron chi connectivity index (χ2n) is 9.53. The van der Waals surface area contributed by atoms with Crippen molar-refractivity contribution in [1.82, 2.24) is 0 Å². The van der Waals surface area contributed by atoms with E-state index in [9.17, 15) is 25.5 Å². The second kappa shape index (κ2) is 9.08. The molecule has 7 unspecified atom stereocenters. The van der Waals surface area contributed by atoms with Crippen LogP contribution in [0.4, 0.5) is 0 Å². The Morgan fingerprint density at radius 1 is 1.04 bits per heavy atom. The van der Waals surface area contributed by atoms with Gasteiger partial charge in [-0.1, -0.05) is 32.8 Å². The highest BCUT2D eigenvalue weighted by molar-refractivity contribution is 5.29. The third-order valence-electron chi connectivity index (χ3n) is 7.05. The Morgan fingerprint density at radius 3 is 2.21 bits per heavy atom. The van der Waals surface area contributed by atoms with Gasteiger partial charge < -0.3 is 35.4 Å². The summed E-state index contributed by atoms with van der Waals surface area (Å²) in [4.78, 5) is 0. The van der Waals surface area contributed by atoms with Crippen molar-refractivity contribution in [3.8, 4) is 0 Å². The maximum Gasteiger partial charge on any atom is 0.114 e. The number of ether oxygens (including phenoxy) is 1. The minimum absolute atomic E-state index is 0.0189. The standard InChI is InChI=1S/C21H38O7/c1-12-8-14(24)19-20(2,3)6-5-7-21(19,4)13(12)11-28-18(16(26)10-23)17(27)15(25)9-22/h14-19,22-27H,5-11H2,1-4H3. The monoisotopic (exact) mass is 402 g/mol. The van der Waals surface area contributed by atoms with Crippen LogP contribution in [0, 0.1) is 16.7 Å². The van der Waals surface area contributed by atoms with Crippen LogP contribution < -0.4 is 0 Å². The summed E-state index contributed by atoms with van der Waals surface area (Å²) in [7, 11) is 0. The van der Waals surface area contributed by atoms with Gasteiger partial charge in [0, 0.05) is 0 Å². The Balaban J connectivity index is 2.28. The van der Waals surface area contributed by atoms with Gasteiger partial charge in [-0.05, 0) is 48.5 Å². The molecule has 0 aromatic carbocycles. The fourth-order valence-corrected chi connectivity index (χ4v) is 5.75. The smallest absolute Gasteiger partial charge is 0.114 e. The Kier molecular flexibility index (Phi) is 7.70. The molecule has 0 amide bonds. The molecule has 0 aromatic rings. The molecule has 2 aliphatic carbocycles. The molecule has 28 heavy (non-hydrogen) atoms. The van der Waals surface area contributed by atoms with Crippen LogP contribution in [0.25, 0.3) is 0 Å². The summed E-state index contributed by atoms with van der Waals surface area (Å²) in [5.41, 5.74) is 1.81. The lowest BCUT2D eigenvalue weighted by molar-refractivity contribution is -0.150. The molecule has 0 radical (unpaired) electrons. The predicted octanol–water partition coefficient (Wildman–Crippen LogP) is 0.353. The minimum atomic E-state index is -1.53. The fraction of sp³-hybridized carbons (Fsp3) is 0.905. The molecule has 1 fully saturated rings. The summed E-state index contributed by atoms with van der Waals surface area (Å²) < 4.78 is 5.84. The lowest BCUT2D eigenvalue weighted by Crippen LogP contribution is -2.53. The molecule has 0 aromatic heterocycles. The Morgan fingerprint density at radius 2 is 1.64 bits per heavy atom. The minimum Gasteiger partial charge on any atom is -0.394 e. The first-order valence-corrected chi connectivity index (χ1v) is 10.2. The van der Waals surface area contributed by atoms with Crippen molar-refractivity contribution in [1.29, 1.82) is 0 Å². The van der Waals surface area contributed by atoms with Crippen LogP contribution in [0.5, 0.6) is 0 Å². The quantitative estimate of drug-likeness (QED) is 0.323. The van der Waals surface area contributed by atoms with Crippen molar-refractivity contribution < 1.29 is 35.4 Å². The zero-order chi connectivity index (χ0) is 21.3. The molecule has 2 rings (SSSR count). The molecule has 7 heteroatoms. The molecule has 2 aliphatic rings. The molecule has 7 nitrogen and oxygen atoms in total. The van der Waals surface area contributed by atoms with Crippen LogP contribution >= 0.6 is 0 Å². The highest BCUT2D eigenvalue weighted by atomic mass is 16.5. The summed E-state index contributed by atoms with van der Waals surface area (Å²) >= 11 is 0.